The average Bonchev–Trinajstić information content (AvgIpc) is 3.00. The Labute approximate surface area is 286 Å². The number of hydrogen-bond acceptors (Lipinski definition) is 4. The summed E-state index contributed by atoms with van der Waals surface area (Å²) >= 11 is 5.38. The largest absolute Gasteiger partial charge is 0.324 e. The molecule has 0 heterocycles. The molecule has 0 aromatic rings. The highest BCUT2D eigenvalue weighted by Crippen LogP contribution is 2.46. The predicted octanol–water partition coefficient (Wildman–Crippen LogP) is 12.8. The molecular formula is C39H74NO3PS. The minimum Gasteiger partial charge on any atom is -0.324 e. The number of nitrogens with zero attached hydrogens (tertiary/aromatic N) is 1. The summed E-state index contributed by atoms with van der Waals surface area (Å²) in [6.07, 6.45) is 47.6. The molecule has 0 radical (unpaired) electrons. The van der Waals surface area contributed by atoms with Crippen molar-refractivity contribution in [2.24, 2.45) is 0 Å². The molecule has 0 saturated heterocycles. The van der Waals surface area contributed by atoms with Gasteiger partial charge in [-0.05, 0) is 90.1 Å². The van der Waals surface area contributed by atoms with Gasteiger partial charge in [-0.2, -0.15) is 0 Å². The van der Waals surface area contributed by atoms with Crippen LogP contribution >= 0.6 is 6.72 Å². The van der Waals surface area contributed by atoms with E-state index in [0.29, 0.717) is 6.61 Å². The van der Waals surface area contributed by atoms with Crippen LogP contribution in [0.15, 0.2) is 48.6 Å². The van der Waals surface area contributed by atoms with Gasteiger partial charge in [0.1, 0.15) is 0 Å². The van der Waals surface area contributed by atoms with Crippen LogP contribution in [0, 0.1) is 0 Å². The molecule has 0 saturated carbocycles. The molecule has 1 atom stereocenters. The molecule has 0 fully saturated rings. The van der Waals surface area contributed by atoms with Crippen LogP contribution in [0.4, 0.5) is 0 Å². The molecule has 0 aliphatic heterocycles. The zero-order valence-corrected chi connectivity index (χ0v) is 31.9. The van der Waals surface area contributed by atoms with Crippen molar-refractivity contribution in [1.29, 1.82) is 0 Å². The Morgan fingerprint density at radius 2 is 0.956 bits per heavy atom. The minimum absolute atomic E-state index is 0.00232. The van der Waals surface area contributed by atoms with E-state index in [4.69, 9.17) is 20.9 Å². The van der Waals surface area contributed by atoms with Crippen molar-refractivity contribution < 1.29 is 13.9 Å². The maximum absolute atomic E-state index is 10.7. The van der Waals surface area contributed by atoms with Gasteiger partial charge in [-0.1, -0.05) is 152 Å². The maximum Gasteiger partial charge on any atom is 0.324 e. The maximum atomic E-state index is 10.7. The molecule has 0 aromatic heterocycles. The molecule has 0 rings (SSSR count). The second kappa shape index (κ2) is 34.8. The van der Waals surface area contributed by atoms with Gasteiger partial charge in [0.05, 0.1) is 12.7 Å². The Balaban J connectivity index is 4.16. The van der Waals surface area contributed by atoms with Crippen LogP contribution in [0.3, 0.4) is 0 Å². The summed E-state index contributed by atoms with van der Waals surface area (Å²) in [6, 6.07) is 0. The van der Waals surface area contributed by atoms with Gasteiger partial charge in [0, 0.05) is 6.54 Å². The fraction of sp³-hybridized carbons (Fsp3) is 0.795. The summed E-state index contributed by atoms with van der Waals surface area (Å²) < 4.78 is 11.7. The summed E-state index contributed by atoms with van der Waals surface area (Å²) in [4.78, 5) is 12.7. The van der Waals surface area contributed by atoms with Gasteiger partial charge < -0.3 is 18.8 Å². The van der Waals surface area contributed by atoms with Gasteiger partial charge >= 0.3 is 6.72 Å². The third-order valence-corrected chi connectivity index (χ3v) is 9.68. The van der Waals surface area contributed by atoms with Crippen molar-refractivity contribution in [3.63, 3.8) is 0 Å². The number of likely N-dealkylation sites (N-methyl/N-ethyl adjacent to an activating group) is 1. The summed E-state index contributed by atoms with van der Waals surface area (Å²) in [7, 11) is 3.98. The number of rotatable bonds is 34. The Hall–Kier alpha value is -0.550. The van der Waals surface area contributed by atoms with Crippen molar-refractivity contribution in [2.75, 3.05) is 27.2 Å². The second-order valence-electron chi connectivity index (χ2n) is 12.9. The molecule has 1 unspecified atom stereocenters. The monoisotopic (exact) mass is 668 g/mol. The van der Waals surface area contributed by atoms with E-state index in [0.717, 1.165) is 45.1 Å². The van der Waals surface area contributed by atoms with Crippen molar-refractivity contribution in [3.05, 3.63) is 48.6 Å². The third kappa shape index (κ3) is 36.1. The summed E-state index contributed by atoms with van der Waals surface area (Å²) in [5.74, 6) is 0. The van der Waals surface area contributed by atoms with Crippen molar-refractivity contribution in [2.45, 2.75) is 174 Å². The zero-order valence-electron chi connectivity index (χ0n) is 30.1. The highest BCUT2D eigenvalue weighted by atomic mass is 32.5. The van der Waals surface area contributed by atoms with Crippen LogP contribution < -0.4 is 0 Å². The van der Waals surface area contributed by atoms with E-state index < -0.39 is 6.72 Å². The molecule has 1 N–H and O–H groups in total. The Bertz CT molecular complexity index is 734. The van der Waals surface area contributed by atoms with Crippen LogP contribution in [0.5, 0.6) is 0 Å². The van der Waals surface area contributed by atoms with Crippen molar-refractivity contribution in [1.82, 2.24) is 4.90 Å². The van der Waals surface area contributed by atoms with E-state index in [1.54, 1.807) is 0 Å². The van der Waals surface area contributed by atoms with Crippen LogP contribution in [0.1, 0.15) is 168 Å². The molecule has 0 aromatic carbocycles. The lowest BCUT2D eigenvalue weighted by Crippen LogP contribution is -2.19. The normalized spacial score (nSPS) is 14.0. The highest BCUT2D eigenvalue weighted by molar-refractivity contribution is 8.07. The number of allylic oxidation sites excluding steroid dienone is 8. The van der Waals surface area contributed by atoms with Crippen LogP contribution in [-0.2, 0) is 20.9 Å². The minimum atomic E-state index is -3.20. The Kier molecular flexibility index (Phi) is 34.4. The fourth-order valence-corrected chi connectivity index (χ4v) is 6.70. The van der Waals surface area contributed by atoms with E-state index in [2.05, 4.69) is 62.5 Å². The summed E-state index contributed by atoms with van der Waals surface area (Å²) in [5.41, 5.74) is 0. The van der Waals surface area contributed by atoms with Crippen molar-refractivity contribution in [3.8, 4) is 0 Å². The van der Waals surface area contributed by atoms with E-state index in [-0.39, 0.29) is 6.10 Å². The lowest BCUT2D eigenvalue weighted by molar-refractivity contribution is 0.119. The lowest BCUT2D eigenvalue weighted by atomic mass is 10.0. The lowest BCUT2D eigenvalue weighted by Gasteiger charge is -2.24. The highest BCUT2D eigenvalue weighted by Gasteiger charge is 2.21. The summed E-state index contributed by atoms with van der Waals surface area (Å²) in [5, 5.41) is 0. The van der Waals surface area contributed by atoms with Crippen molar-refractivity contribution >= 4 is 18.5 Å². The standard InChI is InChI=1S/C39H74NO3PS/c1-5-7-9-11-13-15-17-19-21-23-25-27-29-31-33-35-39(43-44(41,45)42-38-37-40(3)4)36-34-32-30-28-26-24-22-20-18-16-14-12-10-8-6-2/h11-14,17-20,39H,5-10,15-16,21-38H2,1-4H3,(H,41,45)/b13-11-,14-12-,19-17-,20-18-. The van der Waals surface area contributed by atoms with Gasteiger partial charge in [0.15, 0.2) is 0 Å². The molecule has 0 amide bonds. The summed E-state index contributed by atoms with van der Waals surface area (Å²) in [6.45, 7) is 2.42. The van der Waals surface area contributed by atoms with E-state index in [1.165, 1.54) is 116 Å². The first-order chi connectivity index (χ1) is 21.9. The van der Waals surface area contributed by atoms with Gasteiger partial charge in [-0.15, -0.1) is 0 Å². The van der Waals surface area contributed by atoms with Gasteiger partial charge in [-0.3, -0.25) is 0 Å². The Morgan fingerprint density at radius 3 is 1.36 bits per heavy atom. The smallest absolute Gasteiger partial charge is 0.324 e. The molecule has 0 aliphatic rings. The average molecular weight is 668 g/mol. The molecule has 4 nitrogen and oxygen atoms in total. The van der Waals surface area contributed by atoms with E-state index in [1.807, 2.05) is 19.0 Å². The van der Waals surface area contributed by atoms with E-state index >= 15 is 0 Å². The first-order valence-corrected chi connectivity index (χ1v) is 21.4. The molecule has 0 bridgehead atoms. The Morgan fingerprint density at radius 1 is 0.578 bits per heavy atom. The predicted molar refractivity (Wildman–Crippen MR) is 205 cm³/mol. The third-order valence-electron chi connectivity index (χ3n) is 8.03. The molecular weight excluding hydrogens is 593 g/mol. The number of unbranched alkanes of at least 4 members (excludes halogenated alkanes) is 16. The second-order valence-corrected chi connectivity index (χ2v) is 15.7. The molecule has 264 valence electrons. The van der Waals surface area contributed by atoms with E-state index in [9.17, 15) is 4.89 Å². The molecule has 0 aliphatic carbocycles. The number of hydrogen-bond donors (Lipinski definition) is 1. The fourth-order valence-electron chi connectivity index (χ4n) is 5.15. The topological polar surface area (TPSA) is 41.9 Å². The zero-order chi connectivity index (χ0) is 33.1. The molecule has 6 heteroatoms. The quantitative estimate of drug-likeness (QED) is 0.0420. The molecule has 45 heavy (non-hydrogen) atoms. The van der Waals surface area contributed by atoms with Crippen LogP contribution in [0.25, 0.3) is 0 Å². The molecule has 0 spiro atoms. The first kappa shape index (κ1) is 44.5. The first-order valence-electron chi connectivity index (χ1n) is 18.8. The van der Waals surface area contributed by atoms with Gasteiger partial charge in [0.25, 0.3) is 0 Å². The van der Waals surface area contributed by atoms with Gasteiger partial charge in [0.2, 0.25) is 0 Å². The van der Waals surface area contributed by atoms with Gasteiger partial charge in [-0.25, -0.2) is 0 Å². The van der Waals surface area contributed by atoms with Crippen LogP contribution in [0.2, 0.25) is 0 Å². The van der Waals surface area contributed by atoms with Crippen LogP contribution in [-0.4, -0.2) is 43.1 Å². The SMILES string of the molecule is CCCC/C=C\C/C=C\CCCCCCCCC(CCCCCCCC/C=C\C/C=C\CCCC)OP(O)(=S)OCCN(C)C.